The summed E-state index contributed by atoms with van der Waals surface area (Å²) in [5, 5.41) is 21.7. The second-order valence-corrected chi connectivity index (χ2v) is 4.66. The van der Waals surface area contributed by atoms with Crippen LogP contribution in [0.2, 0.25) is 0 Å². The molecular weight excluding hydrogens is 274 g/mol. The van der Waals surface area contributed by atoms with Crippen LogP contribution in [0.25, 0.3) is 0 Å². The largest absolute Gasteiger partial charge is 0.480 e. The van der Waals surface area contributed by atoms with Gasteiger partial charge in [0.05, 0.1) is 11.1 Å². The zero-order valence-electron chi connectivity index (χ0n) is 10.1. The number of hydrogen-bond acceptors (Lipinski definition) is 5. The molecule has 0 aliphatic carbocycles. The van der Waals surface area contributed by atoms with Gasteiger partial charge in [-0.05, 0) is 18.4 Å². The number of carbonyl (C=O) groups excluding carboxylic acids is 1. The van der Waals surface area contributed by atoms with E-state index in [0.717, 1.165) is 12.3 Å². The van der Waals surface area contributed by atoms with Gasteiger partial charge in [0.2, 0.25) is 0 Å². The standard InChI is InChI=1S/C10H13N3O5S/c1-19-3-2-7(10(15)16)12-9(14)8-4-6(5-11-8)13(17)18/h4-5,7,11H,2-3H2,1H3,(H,12,14)(H,15,16)/t7-/m0/s1. The zero-order valence-corrected chi connectivity index (χ0v) is 10.9. The molecule has 1 aromatic heterocycles. The van der Waals surface area contributed by atoms with Crippen LogP contribution in [0.15, 0.2) is 12.3 Å². The molecule has 0 saturated heterocycles. The molecule has 0 fully saturated rings. The third kappa shape index (κ3) is 4.28. The summed E-state index contributed by atoms with van der Waals surface area (Å²) in [7, 11) is 0. The molecule has 9 heteroatoms. The monoisotopic (exact) mass is 287 g/mol. The SMILES string of the molecule is CSCC[C@H](NC(=O)c1cc([N+](=O)[O-])c[nH]1)C(=O)O. The number of amides is 1. The molecule has 1 aromatic rings. The minimum absolute atomic E-state index is 0.0397. The molecule has 0 spiro atoms. The van der Waals surface area contributed by atoms with Gasteiger partial charge in [0.1, 0.15) is 11.7 Å². The van der Waals surface area contributed by atoms with E-state index in [1.807, 2.05) is 6.26 Å². The molecule has 8 nitrogen and oxygen atoms in total. The highest BCUT2D eigenvalue weighted by Crippen LogP contribution is 2.12. The molecule has 1 heterocycles. The Morgan fingerprint density at radius 1 is 1.63 bits per heavy atom. The first-order valence-electron chi connectivity index (χ1n) is 5.31. The van der Waals surface area contributed by atoms with Gasteiger partial charge in [0.15, 0.2) is 0 Å². The first kappa shape index (κ1) is 15.0. The van der Waals surface area contributed by atoms with Gasteiger partial charge in [-0.2, -0.15) is 11.8 Å². The first-order valence-corrected chi connectivity index (χ1v) is 6.70. The number of aromatic nitrogens is 1. The van der Waals surface area contributed by atoms with Gasteiger partial charge in [-0.15, -0.1) is 0 Å². The van der Waals surface area contributed by atoms with E-state index in [4.69, 9.17) is 5.11 Å². The van der Waals surface area contributed by atoms with Gasteiger partial charge in [-0.25, -0.2) is 4.79 Å². The van der Waals surface area contributed by atoms with Crippen LogP contribution in [0.4, 0.5) is 5.69 Å². The molecule has 1 rings (SSSR count). The fourth-order valence-electron chi connectivity index (χ4n) is 1.35. The van der Waals surface area contributed by atoms with Crippen LogP contribution in [-0.4, -0.2) is 44.9 Å². The molecule has 0 saturated carbocycles. The van der Waals surface area contributed by atoms with E-state index in [1.54, 1.807) is 0 Å². The van der Waals surface area contributed by atoms with Crippen molar-refractivity contribution in [2.75, 3.05) is 12.0 Å². The summed E-state index contributed by atoms with van der Waals surface area (Å²) in [6.07, 6.45) is 3.19. The number of nitrogens with zero attached hydrogens (tertiary/aromatic N) is 1. The van der Waals surface area contributed by atoms with Gasteiger partial charge in [-0.1, -0.05) is 0 Å². The molecule has 0 aromatic carbocycles. The molecule has 19 heavy (non-hydrogen) atoms. The number of nitro groups is 1. The lowest BCUT2D eigenvalue weighted by atomic mass is 10.2. The van der Waals surface area contributed by atoms with E-state index in [-0.39, 0.29) is 17.8 Å². The number of H-pyrrole nitrogens is 1. The Labute approximate surface area is 112 Å². The second kappa shape index (κ2) is 6.78. The molecule has 3 N–H and O–H groups in total. The molecule has 1 amide bonds. The van der Waals surface area contributed by atoms with Crippen molar-refractivity contribution >= 4 is 29.3 Å². The summed E-state index contributed by atoms with van der Waals surface area (Å²) in [6.45, 7) is 0. The lowest BCUT2D eigenvalue weighted by Crippen LogP contribution is -2.41. The Hall–Kier alpha value is -2.03. The van der Waals surface area contributed by atoms with Crippen molar-refractivity contribution < 1.29 is 19.6 Å². The highest BCUT2D eigenvalue weighted by atomic mass is 32.2. The summed E-state index contributed by atoms with van der Waals surface area (Å²) in [6, 6.07) is 0.0466. The fraction of sp³-hybridized carbons (Fsp3) is 0.400. The molecule has 0 bridgehead atoms. The summed E-state index contributed by atoms with van der Waals surface area (Å²) in [5.41, 5.74) is -0.289. The van der Waals surface area contributed by atoms with Gasteiger partial charge < -0.3 is 15.4 Å². The molecule has 0 unspecified atom stereocenters. The van der Waals surface area contributed by atoms with Gasteiger partial charge in [-0.3, -0.25) is 14.9 Å². The van der Waals surface area contributed by atoms with E-state index >= 15 is 0 Å². The summed E-state index contributed by atoms with van der Waals surface area (Å²) in [5.74, 6) is -1.23. The first-order chi connectivity index (χ1) is 8.95. The maximum absolute atomic E-state index is 11.7. The number of carbonyl (C=O) groups is 2. The molecule has 0 aliphatic heterocycles. The van der Waals surface area contributed by atoms with Crippen molar-refractivity contribution in [3.8, 4) is 0 Å². The molecule has 104 valence electrons. The number of carboxylic acids is 1. The van der Waals surface area contributed by atoms with Crippen molar-refractivity contribution in [3.05, 3.63) is 28.1 Å². The molecular formula is C10H13N3O5S. The molecule has 0 aliphatic rings. The minimum atomic E-state index is -1.14. The van der Waals surface area contributed by atoms with Crippen LogP contribution < -0.4 is 5.32 Å². The molecule has 0 radical (unpaired) electrons. The third-order valence-electron chi connectivity index (χ3n) is 2.34. The Morgan fingerprint density at radius 3 is 2.79 bits per heavy atom. The number of hydrogen-bond donors (Lipinski definition) is 3. The van der Waals surface area contributed by atoms with Crippen LogP contribution in [-0.2, 0) is 4.79 Å². The van der Waals surface area contributed by atoms with E-state index < -0.39 is 22.8 Å². The summed E-state index contributed by atoms with van der Waals surface area (Å²) in [4.78, 5) is 34.9. The topological polar surface area (TPSA) is 125 Å². The Kier molecular flexibility index (Phi) is 5.37. The predicted molar refractivity (Wildman–Crippen MR) is 69.3 cm³/mol. The van der Waals surface area contributed by atoms with E-state index in [2.05, 4.69) is 10.3 Å². The maximum atomic E-state index is 11.7. The van der Waals surface area contributed by atoms with E-state index in [1.165, 1.54) is 11.8 Å². The van der Waals surface area contributed by atoms with Crippen molar-refractivity contribution in [1.82, 2.24) is 10.3 Å². The van der Waals surface area contributed by atoms with Gasteiger partial charge >= 0.3 is 5.97 Å². The lowest BCUT2D eigenvalue weighted by molar-refractivity contribution is -0.384. The average molecular weight is 287 g/mol. The third-order valence-corrected chi connectivity index (χ3v) is 2.98. The number of thioether (sulfide) groups is 1. The average Bonchev–Trinajstić information content (AvgIpc) is 2.83. The summed E-state index contributed by atoms with van der Waals surface area (Å²) < 4.78 is 0. The van der Waals surface area contributed by atoms with Crippen molar-refractivity contribution in [2.45, 2.75) is 12.5 Å². The van der Waals surface area contributed by atoms with Crippen molar-refractivity contribution in [1.29, 1.82) is 0 Å². The van der Waals surface area contributed by atoms with Crippen molar-refractivity contribution in [2.24, 2.45) is 0 Å². The Morgan fingerprint density at radius 2 is 2.32 bits per heavy atom. The van der Waals surface area contributed by atoms with Gasteiger partial charge in [0, 0.05) is 6.07 Å². The smallest absolute Gasteiger partial charge is 0.326 e. The number of aliphatic carboxylic acids is 1. The predicted octanol–water partition coefficient (Wildman–Crippen LogP) is 0.859. The number of nitrogens with one attached hydrogen (secondary N) is 2. The number of carboxylic acid groups (broad SMARTS) is 1. The van der Waals surface area contributed by atoms with E-state index in [0.29, 0.717) is 5.75 Å². The number of rotatable bonds is 7. The van der Waals surface area contributed by atoms with Crippen LogP contribution >= 0.6 is 11.8 Å². The fourth-order valence-corrected chi connectivity index (χ4v) is 1.82. The van der Waals surface area contributed by atoms with Crippen LogP contribution in [0.1, 0.15) is 16.9 Å². The Balaban J connectivity index is 2.70. The van der Waals surface area contributed by atoms with Crippen molar-refractivity contribution in [3.63, 3.8) is 0 Å². The normalized spacial score (nSPS) is 11.8. The molecule has 1 atom stereocenters. The summed E-state index contributed by atoms with van der Waals surface area (Å²) >= 11 is 1.47. The van der Waals surface area contributed by atoms with Crippen LogP contribution in [0.3, 0.4) is 0 Å². The quantitative estimate of drug-likeness (QED) is 0.504. The zero-order chi connectivity index (χ0) is 14.4. The highest BCUT2D eigenvalue weighted by molar-refractivity contribution is 7.98. The van der Waals surface area contributed by atoms with Crippen LogP contribution in [0, 0.1) is 10.1 Å². The van der Waals surface area contributed by atoms with Crippen LogP contribution in [0.5, 0.6) is 0 Å². The maximum Gasteiger partial charge on any atom is 0.326 e. The minimum Gasteiger partial charge on any atom is -0.480 e. The number of aromatic amines is 1. The highest BCUT2D eigenvalue weighted by Gasteiger charge is 2.22. The Bertz CT molecular complexity index is 487. The van der Waals surface area contributed by atoms with E-state index in [9.17, 15) is 19.7 Å². The van der Waals surface area contributed by atoms with Gasteiger partial charge in [0.25, 0.3) is 11.6 Å². The lowest BCUT2D eigenvalue weighted by Gasteiger charge is -2.12. The second-order valence-electron chi connectivity index (χ2n) is 3.67.